The van der Waals surface area contributed by atoms with Gasteiger partial charge in [-0.2, -0.15) is 0 Å². The molecule has 3 fully saturated rings. The molecule has 6 atom stereocenters. The Bertz CT molecular complexity index is 541. The van der Waals surface area contributed by atoms with E-state index in [1.165, 1.54) is 6.42 Å². The van der Waals surface area contributed by atoms with Gasteiger partial charge in [0.1, 0.15) is 0 Å². The van der Waals surface area contributed by atoms with E-state index < -0.39 is 11.4 Å². The van der Waals surface area contributed by atoms with Gasteiger partial charge in [0.05, 0.1) is 17.6 Å². The van der Waals surface area contributed by atoms with Crippen LogP contribution in [0.3, 0.4) is 0 Å². The maximum absolute atomic E-state index is 12.4. The molecule has 23 heavy (non-hydrogen) atoms. The molecule has 0 amide bonds. The molecule has 0 radical (unpaired) electrons. The summed E-state index contributed by atoms with van der Waals surface area (Å²) in [4.78, 5) is 12.4. The Kier molecular flexibility index (Phi) is 3.30. The standard InChI is InChI=1S/C20H30O3/c1-13(2)14-4-5-16-15-6-7-18(3)8-9-19(15,12-23-18)10-11-20(14,16)17(21)22/h6-7,13-16H,4-5,8-12H2,1-3H3,(H,21,22)/t14-,15-,16+,18?,19?,20+/m1/s1. The predicted octanol–water partition coefficient (Wildman–Crippen LogP) is 4.27. The summed E-state index contributed by atoms with van der Waals surface area (Å²) in [6, 6.07) is 0. The Morgan fingerprint density at radius 2 is 1.96 bits per heavy atom. The molecular formula is C20H30O3. The van der Waals surface area contributed by atoms with Crippen LogP contribution in [0, 0.1) is 34.5 Å². The van der Waals surface area contributed by atoms with Gasteiger partial charge in [-0.15, -0.1) is 0 Å². The molecule has 1 spiro atoms. The zero-order valence-corrected chi connectivity index (χ0v) is 14.7. The van der Waals surface area contributed by atoms with Crippen LogP contribution in [0.4, 0.5) is 0 Å². The molecule has 2 saturated carbocycles. The van der Waals surface area contributed by atoms with Crippen LogP contribution in [0.15, 0.2) is 12.2 Å². The van der Waals surface area contributed by atoms with Crippen LogP contribution in [0.1, 0.15) is 59.3 Å². The topological polar surface area (TPSA) is 46.5 Å². The third-order valence-corrected chi connectivity index (χ3v) is 7.96. The molecule has 3 aliphatic carbocycles. The lowest BCUT2D eigenvalue weighted by Crippen LogP contribution is -2.55. The number of rotatable bonds is 2. The van der Waals surface area contributed by atoms with Gasteiger partial charge >= 0.3 is 5.97 Å². The van der Waals surface area contributed by atoms with Crippen molar-refractivity contribution < 1.29 is 14.6 Å². The summed E-state index contributed by atoms with van der Waals surface area (Å²) in [7, 11) is 0. The maximum Gasteiger partial charge on any atom is 0.310 e. The number of carboxylic acids is 1. The average Bonchev–Trinajstić information content (AvgIpc) is 2.76. The van der Waals surface area contributed by atoms with E-state index in [2.05, 4.69) is 32.9 Å². The van der Waals surface area contributed by atoms with Gasteiger partial charge in [0.25, 0.3) is 0 Å². The first-order valence-electron chi connectivity index (χ1n) is 9.40. The minimum Gasteiger partial charge on any atom is -0.481 e. The van der Waals surface area contributed by atoms with Gasteiger partial charge < -0.3 is 9.84 Å². The van der Waals surface area contributed by atoms with Gasteiger partial charge in [0.15, 0.2) is 0 Å². The Labute approximate surface area is 139 Å². The zero-order chi connectivity index (χ0) is 16.5. The lowest BCUT2D eigenvalue weighted by atomic mass is 9.50. The molecule has 3 nitrogen and oxygen atoms in total. The van der Waals surface area contributed by atoms with Gasteiger partial charge in [0.2, 0.25) is 0 Å². The van der Waals surface area contributed by atoms with Gasteiger partial charge in [-0.3, -0.25) is 4.79 Å². The molecular weight excluding hydrogens is 288 g/mol. The molecule has 128 valence electrons. The molecule has 2 heterocycles. The third-order valence-electron chi connectivity index (χ3n) is 7.96. The highest BCUT2D eigenvalue weighted by Gasteiger charge is 2.65. The van der Waals surface area contributed by atoms with Crippen LogP contribution in [0.2, 0.25) is 0 Å². The third kappa shape index (κ3) is 1.95. The first-order chi connectivity index (χ1) is 10.8. The monoisotopic (exact) mass is 318 g/mol. The molecule has 5 rings (SSSR count). The van der Waals surface area contributed by atoms with Crippen molar-refractivity contribution in [2.24, 2.45) is 34.5 Å². The summed E-state index contributed by atoms with van der Waals surface area (Å²) in [5, 5.41) is 10.2. The van der Waals surface area contributed by atoms with E-state index in [9.17, 15) is 9.90 Å². The minimum absolute atomic E-state index is 0.121. The second-order valence-corrected chi connectivity index (χ2v) is 9.23. The number of hydrogen-bond donors (Lipinski definition) is 1. The van der Waals surface area contributed by atoms with E-state index in [1.54, 1.807) is 0 Å². The number of allylic oxidation sites excluding steroid dienone is 1. The van der Waals surface area contributed by atoms with Crippen molar-refractivity contribution in [3.05, 3.63) is 12.2 Å². The largest absolute Gasteiger partial charge is 0.481 e. The van der Waals surface area contributed by atoms with Gasteiger partial charge in [0, 0.05) is 5.41 Å². The molecule has 5 aliphatic rings. The van der Waals surface area contributed by atoms with Gasteiger partial charge in [-0.25, -0.2) is 0 Å². The predicted molar refractivity (Wildman–Crippen MR) is 89.0 cm³/mol. The van der Waals surface area contributed by atoms with Crippen molar-refractivity contribution in [3.8, 4) is 0 Å². The quantitative estimate of drug-likeness (QED) is 0.773. The zero-order valence-electron chi connectivity index (χ0n) is 14.7. The summed E-state index contributed by atoms with van der Waals surface area (Å²) in [5.41, 5.74) is -0.426. The SMILES string of the molecule is CC(C)[C@H]1CC[C@H]2[C@H]3C=CC4(C)CCC3(CC[C@]12C(=O)O)CO4. The van der Waals surface area contributed by atoms with Crippen LogP contribution in [-0.2, 0) is 9.53 Å². The second kappa shape index (κ2) is 4.84. The van der Waals surface area contributed by atoms with Crippen molar-refractivity contribution in [2.75, 3.05) is 6.61 Å². The number of fused-ring (bicyclic) bond motifs is 3. The Balaban J connectivity index is 1.78. The number of hydrogen-bond acceptors (Lipinski definition) is 2. The van der Waals surface area contributed by atoms with Crippen molar-refractivity contribution in [2.45, 2.75) is 64.9 Å². The smallest absolute Gasteiger partial charge is 0.310 e. The fraction of sp³-hybridized carbons (Fsp3) is 0.850. The first kappa shape index (κ1) is 15.7. The molecule has 1 saturated heterocycles. The van der Waals surface area contributed by atoms with E-state index in [4.69, 9.17) is 4.74 Å². The number of carbonyl (C=O) groups is 1. The summed E-state index contributed by atoms with van der Waals surface area (Å²) >= 11 is 0. The highest BCUT2D eigenvalue weighted by atomic mass is 16.5. The molecule has 1 N–H and O–H groups in total. The first-order valence-corrected chi connectivity index (χ1v) is 9.40. The second-order valence-electron chi connectivity index (χ2n) is 9.23. The molecule has 3 heteroatoms. The summed E-state index contributed by atoms with van der Waals surface area (Å²) in [6.45, 7) is 7.42. The Morgan fingerprint density at radius 1 is 1.22 bits per heavy atom. The van der Waals surface area contributed by atoms with E-state index >= 15 is 0 Å². The Morgan fingerprint density at radius 3 is 2.57 bits per heavy atom. The highest BCUT2D eigenvalue weighted by molar-refractivity contribution is 5.76. The average molecular weight is 318 g/mol. The lowest BCUT2D eigenvalue weighted by molar-refractivity contribution is -0.176. The fourth-order valence-electron chi connectivity index (χ4n) is 6.61. The van der Waals surface area contributed by atoms with Crippen LogP contribution < -0.4 is 0 Å². The molecule has 2 bridgehead atoms. The molecule has 2 aliphatic heterocycles. The minimum atomic E-state index is -0.534. The molecule has 0 aromatic carbocycles. The molecule has 0 aromatic heterocycles. The summed E-state index contributed by atoms with van der Waals surface area (Å²) in [6.07, 6.45) is 10.9. The highest BCUT2D eigenvalue weighted by Crippen LogP contribution is 2.67. The van der Waals surface area contributed by atoms with E-state index in [0.717, 1.165) is 38.7 Å². The molecule has 2 unspecified atom stereocenters. The number of carboxylic acid groups (broad SMARTS) is 1. The number of ether oxygens (including phenoxy) is 1. The normalized spacial score (nSPS) is 51.4. The Hall–Kier alpha value is -0.830. The van der Waals surface area contributed by atoms with Crippen molar-refractivity contribution in [1.82, 2.24) is 0 Å². The lowest BCUT2D eigenvalue weighted by Gasteiger charge is -2.55. The van der Waals surface area contributed by atoms with E-state index in [1.807, 2.05) is 0 Å². The van der Waals surface area contributed by atoms with Crippen LogP contribution in [-0.4, -0.2) is 23.3 Å². The van der Waals surface area contributed by atoms with Gasteiger partial charge in [-0.05, 0) is 69.1 Å². The van der Waals surface area contributed by atoms with Crippen LogP contribution in [0.5, 0.6) is 0 Å². The van der Waals surface area contributed by atoms with E-state index in [-0.39, 0.29) is 11.0 Å². The van der Waals surface area contributed by atoms with Crippen LogP contribution in [0.25, 0.3) is 0 Å². The number of aliphatic carboxylic acids is 1. The van der Waals surface area contributed by atoms with E-state index in [0.29, 0.717) is 23.7 Å². The van der Waals surface area contributed by atoms with Crippen molar-refractivity contribution in [1.29, 1.82) is 0 Å². The summed E-state index contributed by atoms with van der Waals surface area (Å²) in [5.74, 6) is 0.924. The van der Waals surface area contributed by atoms with Crippen molar-refractivity contribution in [3.63, 3.8) is 0 Å². The molecule has 0 aromatic rings. The summed E-state index contributed by atoms with van der Waals surface area (Å²) < 4.78 is 6.23. The maximum atomic E-state index is 12.4. The van der Waals surface area contributed by atoms with Gasteiger partial charge in [-0.1, -0.05) is 26.0 Å². The van der Waals surface area contributed by atoms with Crippen LogP contribution >= 0.6 is 0 Å². The fourth-order valence-corrected chi connectivity index (χ4v) is 6.61. The van der Waals surface area contributed by atoms with Crippen molar-refractivity contribution >= 4 is 5.97 Å².